The highest BCUT2D eigenvalue weighted by Crippen LogP contribution is 2.26. The first kappa shape index (κ1) is 17.5. The first-order valence-electron chi connectivity index (χ1n) is 7.36. The van der Waals surface area contributed by atoms with Crippen LogP contribution in [-0.2, 0) is 19.4 Å². The summed E-state index contributed by atoms with van der Waals surface area (Å²) in [5.41, 5.74) is 1.61. The van der Waals surface area contributed by atoms with Crippen LogP contribution in [0.3, 0.4) is 0 Å². The molecular weight excluding hydrogens is 322 g/mol. The van der Waals surface area contributed by atoms with E-state index in [-0.39, 0.29) is 36.4 Å². The lowest BCUT2D eigenvalue weighted by atomic mass is 10.1. The third-order valence-corrected chi connectivity index (χ3v) is 5.70. The highest BCUT2D eigenvalue weighted by Gasteiger charge is 2.32. The standard InChI is InChI=1S/C14H21N3O5S/c1-9-13(14(19)15-6-4-12(18)22-3)10(2)17(16-9)11-5-7-23(20,21)8-11/h11H,4-8H2,1-3H3,(H,15,19)/t11-/m1/s1. The Labute approximate surface area is 135 Å². The molecule has 23 heavy (non-hydrogen) atoms. The number of hydrogen-bond acceptors (Lipinski definition) is 6. The fourth-order valence-corrected chi connectivity index (χ4v) is 4.48. The number of rotatable bonds is 5. The topological polar surface area (TPSA) is 107 Å². The number of amides is 1. The van der Waals surface area contributed by atoms with Crippen LogP contribution in [0, 0.1) is 13.8 Å². The van der Waals surface area contributed by atoms with Gasteiger partial charge in [0, 0.05) is 12.2 Å². The predicted octanol–water partition coefficient (Wildman–Crippen LogP) is 0.152. The monoisotopic (exact) mass is 343 g/mol. The average Bonchev–Trinajstić information content (AvgIpc) is 2.98. The van der Waals surface area contributed by atoms with Crippen molar-refractivity contribution in [1.82, 2.24) is 15.1 Å². The normalized spacial score (nSPS) is 19.5. The van der Waals surface area contributed by atoms with E-state index >= 15 is 0 Å². The molecule has 2 rings (SSSR count). The molecule has 0 aromatic carbocycles. The summed E-state index contributed by atoms with van der Waals surface area (Å²) in [6.07, 6.45) is 0.600. The molecule has 1 aliphatic rings. The van der Waals surface area contributed by atoms with E-state index in [1.54, 1.807) is 18.5 Å². The van der Waals surface area contributed by atoms with Gasteiger partial charge in [0.15, 0.2) is 9.84 Å². The number of carbonyl (C=O) groups is 2. The highest BCUT2D eigenvalue weighted by molar-refractivity contribution is 7.91. The van der Waals surface area contributed by atoms with E-state index in [9.17, 15) is 18.0 Å². The molecule has 1 aromatic rings. The van der Waals surface area contributed by atoms with Crippen molar-refractivity contribution in [3.8, 4) is 0 Å². The Bertz CT molecular complexity index is 723. The predicted molar refractivity (Wildman–Crippen MR) is 83.0 cm³/mol. The van der Waals surface area contributed by atoms with Crippen LogP contribution in [0.1, 0.15) is 40.6 Å². The Balaban J connectivity index is 2.11. The molecule has 9 heteroatoms. The molecule has 0 aliphatic carbocycles. The Morgan fingerprint density at radius 1 is 1.39 bits per heavy atom. The van der Waals surface area contributed by atoms with E-state index in [0.29, 0.717) is 23.4 Å². The number of aryl methyl sites for hydroxylation is 1. The molecule has 1 saturated heterocycles. The quantitative estimate of drug-likeness (QED) is 0.763. The summed E-state index contributed by atoms with van der Waals surface area (Å²) in [5, 5.41) is 6.99. The fraction of sp³-hybridized carbons (Fsp3) is 0.643. The lowest BCUT2D eigenvalue weighted by Crippen LogP contribution is -2.27. The molecule has 1 N–H and O–H groups in total. The number of nitrogens with one attached hydrogen (secondary N) is 1. The van der Waals surface area contributed by atoms with E-state index in [0.717, 1.165) is 0 Å². The molecular formula is C14H21N3O5S. The summed E-state index contributed by atoms with van der Waals surface area (Å²) < 4.78 is 29.4. The molecule has 0 radical (unpaired) electrons. The zero-order chi connectivity index (χ0) is 17.2. The Kier molecular flexibility index (Phi) is 5.08. The molecule has 8 nitrogen and oxygen atoms in total. The van der Waals surface area contributed by atoms with Gasteiger partial charge >= 0.3 is 5.97 Å². The molecule has 1 fully saturated rings. The summed E-state index contributed by atoms with van der Waals surface area (Å²) in [6, 6.07) is -0.227. The summed E-state index contributed by atoms with van der Waals surface area (Å²) in [7, 11) is -1.73. The number of nitrogens with zero attached hydrogens (tertiary/aromatic N) is 2. The van der Waals surface area contributed by atoms with Crippen LogP contribution in [-0.4, -0.2) is 55.2 Å². The van der Waals surface area contributed by atoms with Gasteiger partial charge < -0.3 is 10.1 Å². The Morgan fingerprint density at radius 3 is 2.65 bits per heavy atom. The van der Waals surface area contributed by atoms with Gasteiger partial charge in [-0.1, -0.05) is 0 Å². The molecule has 0 unspecified atom stereocenters. The van der Waals surface area contributed by atoms with Gasteiger partial charge in [-0.25, -0.2) is 8.42 Å². The average molecular weight is 343 g/mol. The molecule has 0 saturated carbocycles. The summed E-state index contributed by atoms with van der Waals surface area (Å²) in [4.78, 5) is 23.3. The van der Waals surface area contributed by atoms with Crippen molar-refractivity contribution in [3.05, 3.63) is 17.0 Å². The molecule has 1 aliphatic heterocycles. The molecule has 0 bridgehead atoms. The van der Waals surface area contributed by atoms with Crippen LogP contribution in [0.15, 0.2) is 0 Å². The van der Waals surface area contributed by atoms with Gasteiger partial charge in [-0.3, -0.25) is 14.3 Å². The largest absolute Gasteiger partial charge is 0.469 e. The van der Waals surface area contributed by atoms with Gasteiger partial charge in [0.2, 0.25) is 0 Å². The number of esters is 1. The van der Waals surface area contributed by atoms with Crippen LogP contribution in [0.4, 0.5) is 0 Å². The van der Waals surface area contributed by atoms with Crippen LogP contribution in [0.5, 0.6) is 0 Å². The Hall–Kier alpha value is -1.90. The van der Waals surface area contributed by atoms with Crippen molar-refractivity contribution < 1.29 is 22.7 Å². The molecule has 128 valence electrons. The maximum Gasteiger partial charge on any atom is 0.307 e. The summed E-state index contributed by atoms with van der Waals surface area (Å²) >= 11 is 0. The van der Waals surface area contributed by atoms with Crippen molar-refractivity contribution in [2.75, 3.05) is 25.2 Å². The van der Waals surface area contributed by atoms with Gasteiger partial charge in [0.05, 0.1) is 42.3 Å². The van der Waals surface area contributed by atoms with E-state index in [1.165, 1.54) is 7.11 Å². The van der Waals surface area contributed by atoms with Crippen LogP contribution < -0.4 is 5.32 Å². The number of ether oxygens (including phenoxy) is 1. The number of sulfone groups is 1. The number of aromatic nitrogens is 2. The second-order valence-electron chi connectivity index (χ2n) is 5.63. The third-order valence-electron chi connectivity index (χ3n) is 3.95. The molecule has 0 spiro atoms. The third kappa shape index (κ3) is 3.90. The maximum absolute atomic E-state index is 12.3. The van der Waals surface area contributed by atoms with E-state index in [2.05, 4.69) is 15.2 Å². The summed E-state index contributed by atoms with van der Waals surface area (Å²) in [5.74, 6) is -0.517. The second-order valence-corrected chi connectivity index (χ2v) is 7.86. The van der Waals surface area contributed by atoms with Gasteiger partial charge in [0.25, 0.3) is 5.91 Å². The number of carbonyl (C=O) groups excluding carboxylic acids is 2. The smallest absolute Gasteiger partial charge is 0.307 e. The van der Waals surface area contributed by atoms with E-state index in [4.69, 9.17) is 0 Å². The van der Waals surface area contributed by atoms with Crippen molar-refractivity contribution in [3.63, 3.8) is 0 Å². The van der Waals surface area contributed by atoms with Crippen molar-refractivity contribution in [2.24, 2.45) is 0 Å². The van der Waals surface area contributed by atoms with Crippen LogP contribution in [0.2, 0.25) is 0 Å². The molecule has 1 amide bonds. The lowest BCUT2D eigenvalue weighted by Gasteiger charge is -2.11. The first-order chi connectivity index (χ1) is 10.7. The highest BCUT2D eigenvalue weighted by atomic mass is 32.2. The van der Waals surface area contributed by atoms with Crippen molar-refractivity contribution in [2.45, 2.75) is 32.7 Å². The van der Waals surface area contributed by atoms with Crippen LogP contribution >= 0.6 is 0 Å². The minimum atomic E-state index is -3.02. The van der Waals surface area contributed by atoms with Crippen LogP contribution in [0.25, 0.3) is 0 Å². The van der Waals surface area contributed by atoms with Gasteiger partial charge in [-0.15, -0.1) is 0 Å². The Morgan fingerprint density at radius 2 is 2.09 bits per heavy atom. The summed E-state index contributed by atoms with van der Waals surface area (Å²) in [6.45, 7) is 3.63. The molecule has 2 heterocycles. The van der Waals surface area contributed by atoms with Gasteiger partial charge in [0.1, 0.15) is 0 Å². The SMILES string of the molecule is COC(=O)CCNC(=O)c1c(C)nn([C@@H]2CCS(=O)(=O)C2)c1C. The zero-order valence-corrected chi connectivity index (χ0v) is 14.3. The second kappa shape index (κ2) is 6.69. The lowest BCUT2D eigenvalue weighted by molar-refractivity contribution is -0.140. The fourth-order valence-electron chi connectivity index (χ4n) is 2.78. The number of hydrogen-bond donors (Lipinski definition) is 1. The zero-order valence-electron chi connectivity index (χ0n) is 13.5. The molecule has 1 aromatic heterocycles. The van der Waals surface area contributed by atoms with Gasteiger partial charge in [-0.2, -0.15) is 5.10 Å². The maximum atomic E-state index is 12.3. The minimum absolute atomic E-state index is 0.0539. The van der Waals surface area contributed by atoms with Gasteiger partial charge in [-0.05, 0) is 20.3 Å². The minimum Gasteiger partial charge on any atom is -0.469 e. The van der Waals surface area contributed by atoms with Crippen molar-refractivity contribution in [1.29, 1.82) is 0 Å². The van der Waals surface area contributed by atoms with Crippen molar-refractivity contribution >= 4 is 21.7 Å². The first-order valence-corrected chi connectivity index (χ1v) is 9.18. The van der Waals surface area contributed by atoms with E-state index in [1.807, 2.05) is 0 Å². The number of methoxy groups -OCH3 is 1. The molecule has 1 atom stereocenters. The van der Waals surface area contributed by atoms with E-state index < -0.39 is 15.8 Å².